The van der Waals surface area contributed by atoms with Crippen LogP contribution >= 0.6 is 0 Å². The molecule has 0 saturated heterocycles. The van der Waals surface area contributed by atoms with Crippen LogP contribution in [0.1, 0.15) is 49.8 Å². The molecule has 2 aromatic carbocycles. The van der Waals surface area contributed by atoms with Gasteiger partial charge in [0.1, 0.15) is 0 Å². The van der Waals surface area contributed by atoms with E-state index in [0.29, 0.717) is 17.8 Å². The molecule has 0 fully saturated rings. The lowest BCUT2D eigenvalue weighted by molar-refractivity contribution is -0.143. The van der Waals surface area contributed by atoms with Gasteiger partial charge in [-0.1, -0.05) is 60.2 Å². The summed E-state index contributed by atoms with van der Waals surface area (Å²) in [7, 11) is 0. The number of carbonyl (C=O) groups excluding carboxylic acids is 2. The minimum absolute atomic E-state index is 0.0213. The second-order valence-electron chi connectivity index (χ2n) is 7.59. The van der Waals surface area contributed by atoms with Crippen molar-refractivity contribution in [2.24, 2.45) is 0 Å². The van der Waals surface area contributed by atoms with E-state index in [4.69, 9.17) is 4.74 Å². The summed E-state index contributed by atoms with van der Waals surface area (Å²) in [6.07, 6.45) is 0.0436. The van der Waals surface area contributed by atoms with Gasteiger partial charge < -0.3 is 9.64 Å². The van der Waals surface area contributed by atoms with Crippen LogP contribution in [0, 0.1) is 6.92 Å². The van der Waals surface area contributed by atoms with E-state index in [1.807, 2.05) is 82.3 Å². The summed E-state index contributed by atoms with van der Waals surface area (Å²) in [6.45, 7) is 7.99. The van der Waals surface area contributed by atoms with Crippen molar-refractivity contribution < 1.29 is 14.3 Å². The largest absolute Gasteiger partial charge is 0.460 e. The smallest absolute Gasteiger partial charge is 0.336 e. The average molecular weight is 377 g/mol. The zero-order valence-electron chi connectivity index (χ0n) is 16.9. The maximum atomic E-state index is 13.0. The maximum absolute atomic E-state index is 13.0. The number of hydrogen-bond acceptors (Lipinski definition) is 3. The van der Waals surface area contributed by atoms with Gasteiger partial charge in [0, 0.05) is 18.0 Å². The molecule has 4 nitrogen and oxygen atoms in total. The van der Waals surface area contributed by atoms with Gasteiger partial charge in [-0.2, -0.15) is 0 Å². The molecule has 0 bridgehead atoms. The van der Waals surface area contributed by atoms with Crippen molar-refractivity contribution in [1.29, 1.82) is 0 Å². The summed E-state index contributed by atoms with van der Waals surface area (Å²) in [4.78, 5) is 27.7. The third-order valence-corrected chi connectivity index (χ3v) is 5.05. The number of nitrogens with zero attached hydrogens (tertiary/aromatic N) is 1. The number of amides is 1. The monoisotopic (exact) mass is 377 g/mol. The molecule has 3 rings (SSSR count). The number of ether oxygens (including phenoxy) is 1. The summed E-state index contributed by atoms with van der Waals surface area (Å²) < 4.78 is 5.53. The first-order valence-corrected chi connectivity index (χ1v) is 9.69. The lowest BCUT2D eigenvalue weighted by Crippen LogP contribution is -2.38. The van der Waals surface area contributed by atoms with Gasteiger partial charge in [-0.3, -0.25) is 4.79 Å². The summed E-state index contributed by atoms with van der Waals surface area (Å²) in [5.41, 5.74) is 4.39. The Bertz CT molecular complexity index is 882. The lowest BCUT2D eigenvalue weighted by atomic mass is 9.83. The van der Waals surface area contributed by atoms with Crippen LogP contribution in [0.5, 0.6) is 0 Å². The normalized spacial score (nSPS) is 17.2. The predicted octanol–water partition coefficient (Wildman–Crippen LogP) is 4.74. The Morgan fingerprint density at radius 2 is 1.71 bits per heavy atom. The van der Waals surface area contributed by atoms with E-state index in [1.54, 1.807) is 4.90 Å². The number of esters is 1. The van der Waals surface area contributed by atoms with Crippen LogP contribution in [0.4, 0.5) is 0 Å². The molecule has 0 saturated carbocycles. The molecule has 1 heterocycles. The Labute approximate surface area is 166 Å². The summed E-state index contributed by atoms with van der Waals surface area (Å²) in [5, 5.41) is 0. The van der Waals surface area contributed by atoms with Crippen molar-refractivity contribution in [3.05, 3.63) is 82.6 Å². The van der Waals surface area contributed by atoms with Gasteiger partial charge in [0.15, 0.2) is 0 Å². The first-order valence-electron chi connectivity index (χ1n) is 9.69. The van der Waals surface area contributed by atoms with E-state index < -0.39 is 0 Å². The molecule has 28 heavy (non-hydrogen) atoms. The van der Waals surface area contributed by atoms with Crippen molar-refractivity contribution in [2.45, 2.75) is 52.7 Å². The number of benzene rings is 2. The fraction of sp³-hybridized carbons (Fsp3) is 0.333. The van der Waals surface area contributed by atoms with E-state index in [2.05, 4.69) is 0 Å². The van der Waals surface area contributed by atoms with Gasteiger partial charge in [-0.05, 0) is 38.8 Å². The summed E-state index contributed by atoms with van der Waals surface area (Å²) in [5.74, 6) is -0.608. The maximum Gasteiger partial charge on any atom is 0.336 e. The summed E-state index contributed by atoms with van der Waals surface area (Å²) in [6, 6.07) is 17.8. The van der Waals surface area contributed by atoms with Crippen molar-refractivity contribution in [1.82, 2.24) is 4.90 Å². The number of allylic oxidation sites excluding steroid dienone is 1. The van der Waals surface area contributed by atoms with Crippen LogP contribution < -0.4 is 0 Å². The van der Waals surface area contributed by atoms with E-state index in [0.717, 1.165) is 16.7 Å². The van der Waals surface area contributed by atoms with Crippen LogP contribution in [-0.4, -0.2) is 22.9 Å². The molecular formula is C24H27NO3. The van der Waals surface area contributed by atoms with Gasteiger partial charge in [0.05, 0.1) is 18.2 Å². The Kier molecular flexibility index (Phi) is 5.98. The number of rotatable bonds is 5. The van der Waals surface area contributed by atoms with Crippen LogP contribution in [-0.2, 0) is 20.9 Å². The van der Waals surface area contributed by atoms with E-state index in [9.17, 15) is 9.59 Å². The fourth-order valence-corrected chi connectivity index (χ4v) is 3.60. The number of hydrogen-bond donors (Lipinski definition) is 0. The highest BCUT2D eigenvalue weighted by Gasteiger charge is 2.37. The number of aryl methyl sites for hydroxylation is 1. The SMILES string of the molecule is CC1=C(C(=O)OC(C)C)C(c2ccc(C)cc2)CC(=O)N1Cc1ccccc1. The molecule has 1 atom stereocenters. The van der Waals surface area contributed by atoms with Crippen LogP contribution in [0.3, 0.4) is 0 Å². The molecule has 4 heteroatoms. The minimum atomic E-state index is -0.344. The van der Waals surface area contributed by atoms with Crippen molar-refractivity contribution in [3.63, 3.8) is 0 Å². The second kappa shape index (κ2) is 8.42. The van der Waals surface area contributed by atoms with E-state index >= 15 is 0 Å². The number of carbonyl (C=O) groups is 2. The molecule has 1 aliphatic heterocycles. The quantitative estimate of drug-likeness (QED) is 0.707. The third kappa shape index (κ3) is 4.33. The average Bonchev–Trinajstić information content (AvgIpc) is 2.65. The zero-order chi connectivity index (χ0) is 20.3. The molecule has 0 N–H and O–H groups in total. The van der Waals surface area contributed by atoms with Crippen molar-refractivity contribution in [3.8, 4) is 0 Å². The molecule has 0 spiro atoms. The molecule has 1 unspecified atom stereocenters. The Balaban J connectivity index is 2.02. The highest BCUT2D eigenvalue weighted by molar-refractivity contribution is 5.96. The van der Waals surface area contributed by atoms with Gasteiger partial charge >= 0.3 is 5.97 Å². The predicted molar refractivity (Wildman–Crippen MR) is 109 cm³/mol. The van der Waals surface area contributed by atoms with Gasteiger partial charge in [0.2, 0.25) is 5.91 Å². The fourth-order valence-electron chi connectivity index (χ4n) is 3.60. The molecule has 146 valence electrons. The molecule has 2 aromatic rings. The summed E-state index contributed by atoms with van der Waals surface area (Å²) >= 11 is 0. The topological polar surface area (TPSA) is 46.6 Å². The minimum Gasteiger partial charge on any atom is -0.460 e. The Hall–Kier alpha value is -2.88. The van der Waals surface area contributed by atoms with Gasteiger partial charge in [-0.25, -0.2) is 4.79 Å². The van der Waals surface area contributed by atoms with E-state index in [1.165, 1.54) is 0 Å². The van der Waals surface area contributed by atoms with Gasteiger partial charge in [0.25, 0.3) is 0 Å². The zero-order valence-corrected chi connectivity index (χ0v) is 16.9. The van der Waals surface area contributed by atoms with Gasteiger partial charge in [-0.15, -0.1) is 0 Å². The molecule has 1 aliphatic rings. The highest BCUT2D eigenvalue weighted by Crippen LogP contribution is 2.38. The second-order valence-corrected chi connectivity index (χ2v) is 7.59. The molecule has 0 aromatic heterocycles. The van der Waals surface area contributed by atoms with Crippen LogP contribution in [0.2, 0.25) is 0 Å². The lowest BCUT2D eigenvalue weighted by Gasteiger charge is -2.35. The molecule has 1 amide bonds. The van der Waals surface area contributed by atoms with Crippen LogP contribution in [0.15, 0.2) is 65.9 Å². The Morgan fingerprint density at radius 1 is 1.07 bits per heavy atom. The first-order chi connectivity index (χ1) is 13.4. The Morgan fingerprint density at radius 3 is 2.32 bits per heavy atom. The molecular weight excluding hydrogens is 350 g/mol. The third-order valence-electron chi connectivity index (χ3n) is 5.05. The standard InChI is InChI=1S/C24H27NO3/c1-16(2)28-24(27)23-18(4)25(15-19-8-6-5-7-9-19)22(26)14-21(23)20-12-10-17(3)11-13-20/h5-13,16,21H,14-15H2,1-4H3. The molecule has 0 aliphatic carbocycles. The molecule has 0 radical (unpaired) electrons. The van der Waals surface area contributed by atoms with Crippen LogP contribution in [0.25, 0.3) is 0 Å². The highest BCUT2D eigenvalue weighted by atomic mass is 16.5. The van der Waals surface area contributed by atoms with E-state index in [-0.39, 0.29) is 30.3 Å². The first kappa shape index (κ1) is 19.9. The van der Waals surface area contributed by atoms with Crippen molar-refractivity contribution in [2.75, 3.05) is 0 Å². The van der Waals surface area contributed by atoms with Crippen molar-refractivity contribution >= 4 is 11.9 Å².